The van der Waals surface area contributed by atoms with Crippen molar-refractivity contribution in [2.45, 2.75) is 97.5 Å². The number of hydrogen-bond donors (Lipinski definition) is 3. The number of hydrogen-bond acceptors (Lipinski definition) is 3. The van der Waals surface area contributed by atoms with E-state index in [2.05, 4.69) is 26.1 Å². The Morgan fingerprint density at radius 1 is 1.03 bits per heavy atom. The molecule has 9 atom stereocenters. The Kier molecular flexibility index (Phi) is 6.57. The molecule has 0 saturated heterocycles. The number of aliphatic hydroxyl groups excluding tert-OH is 2. The zero-order chi connectivity index (χ0) is 21.5. The van der Waals surface area contributed by atoms with Gasteiger partial charge in [-0.3, -0.25) is 4.79 Å². The Morgan fingerprint density at radius 3 is 2.53 bits per heavy atom. The lowest BCUT2D eigenvalue weighted by atomic mass is 9.44. The largest absolute Gasteiger partial charge is 0.395 e. The highest BCUT2D eigenvalue weighted by atomic mass is 16.3. The Balaban J connectivity index is 1.42. The van der Waals surface area contributed by atoms with Crippen LogP contribution in [0.2, 0.25) is 0 Å². The standard InChI is InChI=1S/C26H45NO3/c1-17(4-9-24(30)27-14-15-28)21-7-8-22-20-6-5-18-16-19(29)10-12-25(18,2)23(20)11-13-26(21,22)3/h17-23,28-29H,4-16H2,1-3H3,(H,27,30)/t17-,18+,19+,20-,21+,22-,23-,25+,26-/m1/s1. The molecule has 4 rings (SSSR count). The number of nitrogens with one attached hydrogen (secondary N) is 1. The van der Waals surface area contributed by atoms with Crippen LogP contribution in [0, 0.1) is 46.3 Å². The van der Waals surface area contributed by atoms with Crippen LogP contribution in [0.3, 0.4) is 0 Å². The maximum Gasteiger partial charge on any atom is 0.220 e. The molecule has 0 spiro atoms. The molecule has 0 radical (unpaired) electrons. The van der Waals surface area contributed by atoms with Crippen LogP contribution in [0.1, 0.15) is 91.4 Å². The van der Waals surface area contributed by atoms with E-state index < -0.39 is 0 Å². The SMILES string of the molecule is C[C@H](CCC(=O)NCCO)[C@@H]1CC[C@@H]2[C@H]3CC[C@H]4C[C@@H](O)CC[C@]4(C)[C@@H]3CC[C@@]21C. The van der Waals surface area contributed by atoms with Gasteiger partial charge in [-0.15, -0.1) is 0 Å². The fraction of sp³-hybridized carbons (Fsp3) is 0.962. The van der Waals surface area contributed by atoms with Gasteiger partial charge in [-0.25, -0.2) is 0 Å². The summed E-state index contributed by atoms with van der Waals surface area (Å²) in [5.41, 5.74) is 0.900. The first-order chi connectivity index (χ1) is 14.3. The van der Waals surface area contributed by atoms with E-state index in [4.69, 9.17) is 5.11 Å². The summed E-state index contributed by atoms with van der Waals surface area (Å²) in [4.78, 5) is 12.0. The van der Waals surface area contributed by atoms with Crippen LogP contribution in [0.25, 0.3) is 0 Å². The predicted octanol–water partition coefficient (Wildman–Crippen LogP) is 4.53. The Hall–Kier alpha value is -0.610. The second-order valence-electron chi connectivity index (χ2n) is 11.9. The maximum absolute atomic E-state index is 12.0. The van der Waals surface area contributed by atoms with Gasteiger partial charge in [-0.1, -0.05) is 20.8 Å². The molecule has 3 N–H and O–H groups in total. The van der Waals surface area contributed by atoms with Gasteiger partial charge in [0.15, 0.2) is 0 Å². The summed E-state index contributed by atoms with van der Waals surface area (Å²) in [7, 11) is 0. The first-order valence-corrected chi connectivity index (χ1v) is 12.8. The van der Waals surface area contributed by atoms with Gasteiger partial charge in [0.1, 0.15) is 0 Å². The lowest BCUT2D eigenvalue weighted by Crippen LogP contribution is -2.54. The van der Waals surface area contributed by atoms with E-state index in [0.29, 0.717) is 29.7 Å². The monoisotopic (exact) mass is 419 g/mol. The molecule has 172 valence electrons. The first-order valence-electron chi connectivity index (χ1n) is 12.8. The van der Waals surface area contributed by atoms with E-state index in [9.17, 15) is 9.90 Å². The van der Waals surface area contributed by atoms with Gasteiger partial charge in [0.25, 0.3) is 0 Å². The lowest BCUT2D eigenvalue weighted by Gasteiger charge is -2.61. The van der Waals surface area contributed by atoms with E-state index in [1.165, 1.54) is 44.9 Å². The highest BCUT2D eigenvalue weighted by Gasteiger charge is 2.60. The zero-order valence-electron chi connectivity index (χ0n) is 19.5. The van der Waals surface area contributed by atoms with Gasteiger partial charge in [-0.2, -0.15) is 0 Å². The van der Waals surface area contributed by atoms with E-state index in [1.54, 1.807) is 0 Å². The number of carbonyl (C=O) groups is 1. The highest BCUT2D eigenvalue weighted by Crippen LogP contribution is 2.68. The van der Waals surface area contributed by atoms with Crippen molar-refractivity contribution >= 4 is 5.91 Å². The van der Waals surface area contributed by atoms with Gasteiger partial charge in [0.05, 0.1) is 12.7 Å². The zero-order valence-corrected chi connectivity index (χ0v) is 19.5. The van der Waals surface area contributed by atoms with E-state index in [1.807, 2.05) is 0 Å². The van der Waals surface area contributed by atoms with E-state index >= 15 is 0 Å². The molecule has 1 amide bonds. The van der Waals surface area contributed by atoms with Crippen LogP contribution in [0.5, 0.6) is 0 Å². The van der Waals surface area contributed by atoms with Crippen LogP contribution in [0.4, 0.5) is 0 Å². The molecule has 4 nitrogen and oxygen atoms in total. The molecule has 0 unspecified atom stereocenters. The highest BCUT2D eigenvalue weighted by molar-refractivity contribution is 5.75. The summed E-state index contributed by atoms with van der Waals surface area (Å²) in [6.45, 7) is 7.93. The minimum atomic E-state index is -0.0558. The molecule has 4 saturated carbocycles. The predicted molar refractivity (Wildman–Crippen MR) is 120 cm³/mol. The molecule has 0 heterocycles. The molecule has 0 aliphatic heterocycles. The minimum Gasteiger partial charge on any atom is -0.395 e. The number of rotatable bonds is 6. The third kappa shape index (κ3) is 3.85. The number of carbonyl (C=O) groups excluding carboxylic acids is 1. The minimum absolute atomic E-state index is 0.0188. The summed E-state index contributed by atoms with van der Waals surface area (Å²) in [6.07, 6.45) is 12.9. The smallest absolute Gasteiger partial charge is 0.220 e. The van der Waals surface area contributed by atoms with Crippen LogP contribution < -0.4 is 5.32 Å². The second kappa shape index (κ2) is 8.73. The summed E-state index contributed by atoms with van der Waals surface area (Å²) in [5.74, 6) is 4.76. The number of fused-ring (bicyclic) bond motifs is 5. The van der Waals surface area contributed by atoms with Gasteiger partial charge in [0, 0.05) is 13.0 Å². The average Bonchev–Trinajstić information content (AvgIpc) is 3.08. The fourth-order valence-corrected chi connectivity index (χ4v) is 9.05. The molecule has 0 aromatic rings. The molecule has 0 bridgehead atoms. The van der Waals surface area contributed by atoms with E-state index in [0.717, 1.165) is 48.9 Å². The maximum atomic E-state index is 12.0. The summed E-state index contributed by atoms with van der Waals surface area (Å²) >= 11 is 0. The molecule has 4 fully saturated rings. The van der Waals surface area contributed by atoms with E-state index in [-0.39, 0.29) is 18.6 Å². The third-order valence-electron chi connectivity index (χ3n) is 10.7. The van der Waals surface area contributed by atoms with Crippen molar-refractivity contribution in [2.24, 2.45) is 46.3 Å². The van der Waals surface area contributed by atoms with Crippen molar-refractivity contribution in [2.75, 3.05) is 13.2 Å². The van der Waals surface area contributed by atoms with Crippen molar-refractivity contribution < 1.29 is 15.0 Å². The normalized spacial score (nSPS) is 46.4. The van der Waals surface area contributed by atoms with Crippen LogP contribution in [-0.2, 0) is 4.79 Å². The van der Waals surface area contributed by atoms with Crippen molar-refractivity contribution in [3.05, 3.63) is 0 Å². The summed E-state index contributed by atoms with van der Waals surface area (Å²) in [6, 6.07) is 0. The van der Waals surface area contributed by atoms with Crippen LogP contribution >= 0.6 is 0 Å². The Labute approximate surface area is 183 Å². The Morgan fingerprint density at radius 2 is 1.77 bits per heavy atom. The molecule has 0 aromatic heterocycles. The molecule has 4 heteroatoms. The quantitative estimate of drug-likeness (QED) is 0.592. The average molecular weight is 420 g/mol. The van der Waals surface area contributed by atoms with Gasteiger partial charge < -0.3 is 15.5 Å². The number of aliphatic hydroxyl groups is 2. The van der Waals surface area contributed by atoms with Gasteiger partial charge in [-0.05, 0) is 111 Å². The summed E-state index contributed by atoms with van der Waals surface area (Å²) < 4.78 is 0. The second-order valence-corrected chi connectivity index (χ2v) is 11.9. The number of amides is 1. The van der Waals surface area contributed by atoms with Crippen molar-refractivity contribution in [3.8, 4) is 0 Å². The summed E-state index contributed by atoms with van der Waals surface area (Å²) in [5, 5.41) is 21.9. The molecular weight excluding hydrogens is 374 g/mol. The molecule has 0 aromatic carbocycles. The molecule has 4 aliphatic carbocycles. The molecule has 4 aliphatic rings. The third-order valence-corrected chi connectivity index (χ3v) is 10.7. The Bertz CT molecular complexity index is 623. The lowest BCUT2D eigenvalue weighted by molar-refractivity contribution is -0.129. The van der Waals surface area contributed by atoms with Crippen LogP contribution in [-0.4, -0.2) is 35.4 Å². The first kappa shape index (κ1) is 22.6. The van der Waals surface area contributed by atoms with Crippen molar-refractivity contribution in [3.63, 3.8) is 0 Å². The van der Waals surface area contributed by atoms with Crippen molar-refractivity contribution in [1.29, 1.82) is 0 Å². The van der Waals surface area contributed by atoms with Gasteiger partial charge in [0.2, 0.25) is 5.91 Å². The van der Waals surface area contributed by atoms with Crippen LogP contribution in [0.15, 0.2) is 0 Å². The van der Waals surface area contributed by atoms with Gasteiger partial charge >= 0.3 is 0 Å². The fourth-order valence-electron chi connectivity index (χ4n) is 9.05. The topological polar surface area (TPSA) is 69.6 Å². The van der Waals surface area contributed by atoms with Crippen molar-refractivity contribution in [1.82, 2.24) is 5.32 Å². The molecular formula is C26H45NO3. The molecule has 30 heavy (non-hydrogen) atoms.